The average Bonchev–Trinajstić information content (AvgIpc) is 3.40. The summed E-state index contributed by atoms with van der Waals surface area (Å²) in [4.78, 5) is 45.0. The van der Waals surface area contributed by atoms with Crippen molar-refractivity contribution in [3.63, 3.8) is 0 Å². The number of likely N-dealkylation sites (N-methyl/N-ethyl adjacent to an activating group) is 1. The van der Waals surface area contributed by atoms with Crippen LogP contribution >= 0.6 is 11.6 Å². The van der Waals surface area contributed by atoms with Gasteiger partial charge in [-0.05, 0) is 41.5 Å². The maximum Gasteiger partial charge on any atom is 0.417 e. The van der Waals surface area contributed by atoms with Crippen molar-refractivity contribution < 1.29 is 14.0 Å². The van der Waals surface area contributed by atoms with Gasteiger partial charge >= 0.3 is 11.8 Å². The van der Waals surface area contributed by atoms with Crippen molar-refractivity contribution in [1.82, 2.24) is 20.2 Å². The monoisotopic (exact) mass is 463 g/mol. The van der Waals surface area contributed by atoms with Gasteiger partial charge in [-0.15, -0.1) is 0 Å². The summed E-state index contributed by atoms with van der Waals surface area (Å²) in [7, 11) is 1.66. The van der Waals surface area contributed by atoms with Crippen LogP contribution in [0.1, 0.15) is 16.8 Å². The first-order valence-electron chi connectivity index (χ1n) is 10.4. The number of fused-ring (bicyclic) bond motifs is 3. The smallest absolute Gasteiger partial charge is 0.406 e. The van der Waals surface area contributed by atoms with E-state index in [4.69, 9.17) is 21.0 Å². The van der Waals surface area contributed by atoms with Crippen molar-refractivity contribution in [2.24, 2.45) is 0 Å². The first-order valence-corrected chi connectivity index (χ1v) is 10.8. The number of benzene rings is 2. The number of H-pyrrole nitrogens is 1. The molecular weight excluding hydrogens is 446 g/mol. The topological polar surface area (TPSA) is 120 Å². The molecule has 2 aromatic heterocycles. The fourth-order valence-corrected chi connectivity index (χ4v) is 5.03. The predicted octanol–water partition coefficient (Wildman–Crippen LogP) is 2.95. The van der Waals surface area contributed by atoms with Crippen LogP contribution in [0.25, 0.3) is 22.0 Å². The number of pyridine rings is 1. The summed E-state index contributed by atoms with van der Waals surface area (Å²) >= 11 is 6.16. The highest BCUT2D eigenvalue weighted by atomic mass is 35.5. The summed E-state index contributed by atoms with van der Waals surface area (Å²) in [6.45, 7) is 0.390. The minimum Gasteiger partial charge on any atom is -0.406 e. The number of halogens is 1. The van der Waals surface area contributed by atoms with E-state index < -0.39 is 11.3 Å². The Hall–Kier alpha value is -3.85. The molecule has 3 N–H and O–H groups in total. The number of nitrogens with one attached hydrogen (secondary N) is 3. The second kappa shape index (κ2) is 6.82. The molecule has 10 heteroatoms. The molecule has 2 aromatic carbocycles. The van der Waals surface area contributed by atoms with Crippen LogP contribution in [-0.4, -0.2) is 39.4 Å². The lowest BCUT2D eigenvalue weighted by Crippen LogP contribution is -2.48. The zero-order chi connectivity index (χ0) is 22.9. The number of aromatic nitrogens is 2. The highest BCUT2D eigenvalue weighted by molar-refractivity contribution is 6.31. The van der Waals surface area contributed by atoms with Gasteiger partial charge in [-0.2, -0.15) is 0 Å². The second-order valence-corrected chi connectivity index (χ2v) is 8.95. The van der Waals surface area contributed by atoms with Gasteiger partial charge in [0.25, 0.3) is 5.91 Å². The van der Waals surface area contributed by atoms with Gasteiger partial charge in [0, 0.05) is 30.3 Å². The summed E-state index contributed by atoms with van der Waals surface area (Å²) in [5.74, 6) is -0.800. The number of anilines is 1. The summed E-state index contributed by atoms with van der Waals surface area (Å²) in [5, 5.41) is 7.09. The molecule has 3 amide bonds. The number of amides is 3. The lowest BCUT2D eigenvalue weighted by atomic mass is 9.95. The molecule has 0 saturated carbocycles. The Kier molecular flexibility index (Phi) is 4.09. The summed E-state index contributed by atoms with van der Waals surface area (Å²) < 4.78 is 5.22. The Morgan fingerprint density at radius 1 is 1.15 bits per heavy atom. The van der Waals surface area contributed by atoms with Gasteiger partial charge in [-0.25, -0.2) is 9.59 Å². The van der Waals surface area contributed by atoms with Crippen molar-refractivity contribution in [2.45, 2.75) is 24.9 Å². The minimum absolute atomic E-state index is 0.252. The number of rotatable bonds is 3. The van der Waals surface area contributed by atoms with Crippen LogP contribution in [0.15, 0.2) is 45.6 Å². The minimum atomic E-state index is -0.862. The number of aromatic amines is 1. The Morgan fingerprint density at radius 3 is 2.70 bits per heavy atom. The number of hydrogen-bond acceptors (Lipinski definition) is 6. The van der Waals surface area contributed by atoms with Crippen LogP contribution in [0.4, 0.5) is 10.5 Å². The normalized spacial score (nSPS) is 19.6. The second-order valence-electron chi connectivity index (χ2n) is 8.52. The van der Waals surface area contributed by atoms with E-state index in [-0.39, 0.29) is 11.9 Å². The maximum atomic E-state index is 12.5. The molecule has 2 aliphatic rings. The Bertz CT molecular complexity index is 1560. The summed E-state index contributed by atoms with van der Waals surface area (Å²) in [5.41, 5.74) is 4.31. The van der Waals surface area contributed by atoms with Gasteiger partial charge in [-0.3, -0.25) is 20.1 Å². The summed E-state index contributed by atoms with van der Waals surface area (Å²) in [6.07, 6.45) is 0.950. The lowest BCUT2D eigenvalue weighted by Gasteiger charge is -2.27. The van der Waals surface area contributed by atoms with Crippen molar-refractivity contribution in [3.05, 3.63) is 68.8 Å². The molecule has 1 aliphatic carbocycles. The molecule has 6 rings (SSSR count). The third-order valence-corrected chi connectivity index (χ3v) is 6.79. The fraction of sp³-hybridized carbons (Fsp3) is 0.217. The van der Waals surface area contributed by atoms with Crippen LogP contribution in [0.3, 0.4) is 0 Å². The van der Waals surface area contributed by atoms with E-state index in [1.165, 1.54) is 4.90 Å². The number of urea groups is 1. The number of carbonyl (C=O) groups is 2. The SMILES string of the molecule is CN1C(=O)NC(=O)C12Cc1cc3ccc(CNc4cc(Cl)cc5[nH]c(=O)oc45)nc3cc1C2. The first kappa shape index (κ1) is 19.8. The van der Waals surface area contributed by atoms with Crippen molar-refractivity contribution in [1.29, 1.82) is 0 Å². The Balaban J connectivity index is 1.30. The van der Waals surface area contributed by atoms with Crippen LogP contribution < -0.4 is 16.4 Å². The molecular formula is C23H18ClN5O4. The molecule has 9 nitrogen and oxygen atoms in total. The average molecular weight is 464 g/mol. The molecule has 1 saturated heterocycles. The molecule has 1 atom stereocenters. The molecule has 1 unspecified atom stereocenters. The molecule has 1 spiro atoms. The molecule has 4 aromatic rings. The van der Waals surface area contributed by atoms with Gasteiger partial charge in [0.05, 0.1) is 29.0 Å². The molecule has 3 heterocycles. The van der Waals surface area contributed by atoms with E-state index in [9.17, 15) is 14.4 Å². The van der Waals surface area contributed by atoms with Crippen molar-refractivity contribution >= 4 is 51.2 Å². The summed E-state index contributed by atoms with van der Waals surface area (Å²) in [6, 6.07) is 10.9. The number of nitrogens with zero attached hydrogens (tertiary/aromatic N) is 2. The lowest BCUT2D eigenvalue weighted by molar-refractivity contribution is -0.125. The highest BCUT2D eigenvalue weighted by Gasteiger charge is 2.54. The third-order valence-electron chi connectivity index (χ3n) is 6.57. The molecule has 1 aliphatic heterocycles. The Morgan fingerprint density at radius 2 is 1.94 bits per heavy atom. The maximum absolute atomic E-state index is 12.5. The number of hydrogen-bond donors (Lipinski definition) is 3. The quantitative estimate of drug-likeness (QED) is 0.402. The van der Waals surface area contributed by atoms with Gasteiger partial charge < -0.3 is 14.6 Å². The van der Waals surface area contributed by atoms with E-state index in [2.05, 4.69) is 15.6 Å². The standard InChI is InChI=1S/C23H18ClN5O4/c1-29-21(31)28-20(30)23(29)8-12-4-11-2-3-15(26-16(11)5-13(12)9-23)10-25-17-6-14(24)7-18-19(17)33-22(32)27-18/h2-7,25H,8-10H2,1H3,(H,27,32)(H,28,30,31). The molecule has 0 bridgehead atoms. The molecule has 166 valence electrons. The largest absolute Gasteiger partial charge is 0.417 e. The van der Waals surface area contributed by atoms with Gasteiger partial charge in [0.2, 0.25) is 0 Å². The zero-order valence-electron chi connectivity index (χ0n) is 17.5. The van der Waals surface area contributed by atoms with E-state index >= 15 is 0 Å². The van der Waals surface area contributed by atoms with E-state index in [1.807, 2.05) is 24.3 Å². The fourth-order valence-electron chi connectivity index (χ4n) is 4.81. The van der Waals surface area contributed by atoms with Gasteiger partial charge in [0.15, 0.2) is 5.58 Å². The van der Waals surface area contributed by atoms with E-state index in [0.717, 1.165) is 27.7 Å². The number of imide groups is 1. The number of oxazole rings is 1. The van der Waals surface area contributed by atoms with Gasteiger partial charge in [-0.1, -0.05) is 17.7 Å². The molecule has 33 heavy (non-hydrogen) atoms. The molecule has 0 radical (unpaired) electrons. The molecule has 1 fully saturated rings. The van der Waals surface area contributed by atoms with Crippen LogP contribution in [0.5, 0.6) is 0 Å². The van der Waals surface area contributed by atoms with Crippen LogP contribution in [-0.2, 0) is 24.2 Å². The van der Waals surface area contributed by atoms with Crippen molar-refractivity contribution in [2.75, 3.05) is 12.4 Å². The highest BCUT2D eigenvalue weighted by Crippen LogP contribution is 2.38. The third kappa shape index (κ3) is 3.00. The van der Waals surface area contributed by atoms with Crippen LogP contribution in [0, 0.1) is 0 Å². The van der Waals surface area contributed by atoms with Gasteiger partial charge in [0.1, 0.15) is 5.54 Å². The number of carbonyl (C=O) groups excluding carboxylic acids is 2. The van der Waals surface area contributed by atoms with Crippen molar-refractivity contribution in [3.8, 4) is 0 Å². The van der Waals surface area contributed by atoms with E-state index in [0.29, 0.717) is 41.2 Å². The Labute approximate surface area is 191 Å². The zero-order valence-corrected chi connectivity index (χ0v) is 18.2. The first-order chi connectivity index (χ1) is 15.8. The van der Waals surface area contributed by atoms with E-state index in [1.54, 1.807) is 19.2 Å². The predicted molar refractivity (Wildman–Crippen MR) is 122 cm³/mol. The van der Waals surface area contributed by atoms with Crippen LogP contribution in [0.2, 0.25) is 5.02 Å².